The van der Waals surface area contributed by atoms with Crippen molar-refractivity contribution >= 4 is 27.5 Å². The van der Waals surface area contributed by atoms with Crippen LogP contribution in [0.15, 0.2) is 76.0 Å². The molecule has 1 heterocycles. The zero-order chi connectivity index (χ0) is 24.7. The van der Waals surface area contributed by atoms with Gasteiger partial charge in [-0.1, -0.05) is 55.8 Å². The standard InChI is InChI=1S/C26H31ClN2O4S/c1-20(2)17-29(34(31,32)25-13-10-23(27)11-14-25)19-26(30)28(18-24-12-9-21(3)33-24)16-15-22-7-5-4-6-8-22/h4-14,20H,15-19H2,1-3H3. The van der Waals surface area contributed by atoms with Gasteiger partial charge in [-0.15, -0.1) is 0 Å². The van der Waals surface area contributed by atoms with Crippen LogP contribution in [0.25, 0.3) is 0 Å². The lowest BCUT2D eigenvalue weighted by Crippen LogP contribution is -2.44. The minimum Gasteiger partial charge on any atom is -0.464 e. The lowest BCUT2D eigenvalue weighted by atomic mass is 10.1. The molecule has 0 N–H and O–H groups in total. The van der Waals surface area contributed by atoms with E-state index in [-0.39, 0.29) is 36.4 Å². The van der Waals surface area contributed by atoms with Crippen LogP contribution in [0, 0.1) is 12.8 Å². The summed E-state index contributed by atoms with van der Waals surface area (Å²) in [7, 11) is -3.87. The Bertz CT molecular complexity index is 1180. The number of amides is 1. The molecule has 0 radical (unpaired) electrons. The van der Waals surface area contributed by atoms with Crippen molar-refractivity contribution in [3.05, 3.63) is 88.8 Å². The minimum absolute atomic E-state index is 0.0420. The van der Waals surface area contributed by atoms with Crippen LogP contribution in [0.3, 0.4) is 0 Å². The predicted octanol–water partition coefficient (Wildman–Crippen LogP) is 5.16. The maximum Gasteiger partial charge on any atom is 0.243 e. The molecule has 3 aromatic rings. The second-order valence-corrected chi connectivity index (χ2v) is 11.1. The molecular formula is C26H31ClN2O4S. The molecule has 3 rings (SSSR count). The molecule has 0 unspecified atom stereocenters. The predicted molar refractivity (Wildman–Crippen MR) is 134 cm³/mol. The molecule has 0 saturated carbocycles. The summed E-state index contributed by atoms with van der Waals surface area (Å²) in [6.07, 6.45) is 0.653. The number of carbonyl (C=O) groups excluding carboxylic acids is 1. The Kier molecular flexibility index (Phi) is 8.94. The SMILES string of the molecule is Cc1ccc(CN(CCc2ccccc2)C(=O)CN(CC(C)C)S(=O)(=O)c2ccc(Cl)cc2)o1. The van der Waals surface area contributed by atoms with Crippen molar-refractivity contribution in [3.63, 3.8) is 0 Å². The van der Waals surface area contributed by atoms with Gasteiger partial charge in [0.05, 0.1) is 18.0 Å². The fourth-order valence-electron chi connectivity index (χ4n) is 3.62. The summed E-state index contributed by atoms with van der Waals surface area (Å²) in [5, 5.41) is 0.450. The van der Waals surface area contributed by atoms with E-state index in [9.17, 15) is 13.2 Å². The molecule has 0 atom stereocenters. The lowest BCUT2D eigenvalue weighted by Gasteiger charge is -2.28. The third-order valence-corrected chi connectivity index (χ3v) is 7.42. The van der Waals surface area contributed by atoms with E-state index in [0.29, 0.717) is 23.7 Å². The summed E-state index contributed by atoms with van der Waals surface area (Å²) in [6, 6.07) is 19.6. The zero-order valence-electron chi connectivity index (χ0n) is 19.8. The lowest BCUT2D eigenvalue weighted by molar-refractivity contribution is -0.132. The molecule has 2 aromatic carbocycles. The average Bonchev–Trinajstić information content (AvgIpc) is 3.21. The van der Waals surface area contributed by atoms with Gasteiger partial charge in [0.1, 0.15) is 11.5 Å². The van der Waals surface area contributed by atoms with Crippen LogP contribution in [0.2, 0.25) is 5.02 Å². The van der Waals surface area contributed by atoms with Crippen LogP contribution in [0.1, 0.15) is 30.9 Å². The fraction of sp³-hybridized carbons (Fsp3) is 0.346. The Hall–Kier alpha value is -2.61. The molecular weight excluding hydrogens is 472 g/mol. The van der Waals surface area contributed by atoms with Crippen LogP contribution < -0.4 is 0 Å². The number of benzene rings is 2. The van der Waals surface area contributed by atoms with Gasteiger partial charge in [-0.05, 0) is 61.2 Å². The second kappa shape index (κ2) is 11.7. The maximum atomic E-state index is 13.5. The van der Waals surface area contributed by atoms with Crippen molar-refractivity contribution < 1.29 is 17.6 Å². The normalized spacial score (nSPS) is 11.8. The maximum absolute atomic E-state index is 13.5. The number of halogens is 1. The van der Waals surface area contributed by atoms with E-state index >= 15 is 0 Å². The van der Waals surface area contributed by atoms with Crippen LogP contribution in [-0.4, -0.2) is 43.2 Å². The molecule has 34 heavy (non-hydrogen) atoms. The molecule has 6 nitrogen and oxygen atoms in total. The molecule has 0 bridgehead atoms. The van der Waals surface area contributed by atoms with Gasteiger partial charge in [-0.2, -0.15) is 4.31 Å². The van der Waals surface area contributed by atoms with Crippen LogP contribution in [0.4, 0.5) is 0 Å². The van der Waals surface area contributed by atoms with E-state index in [0.717, 1.165) is 11.3 Å². The number of nitrogens with zero attached hydrogens (tertiary/aromatic N) is 2. The van der Waals surface area contributed by atoms with Gasteiger partial charge in [0.25, 0.3) is 0 Å². The summed E-state index contributed by atoms with van der Waals surface area (Å²) in [4.78, 5) is 15.2. The van der Waals surface area contributed by atoms with E-state index in [1.54, 1.807) is 4.90 Å². The molecule has 0 aliphatic rings. The Morgan fingerprint density at radius 2 is 1.68 bits per heavy atom. The highest BCUT2D eigenvalue weighted by atomic mass is 35.5. The molecule has 1 amide bonds. The molecule has 0 spiro atoms. The average molecular weight is 503 g/mol. The largest absolute Gasteiger partial charge is 0.464 e. The first-order chi connectivity index (χ1) is 16.1. The highest BCUT2D eigenvalue weighted by Crippen LogP contribution is 2.20. The second-order valence-electron chi connectivity index (χ2n) is 8.71. The first-order valence-corrected chi connectivity index (χ1v) is 13.1. The van der Waals surface area contributed by atoms with Gasteiger partial charge in [-0.3, -0.25) is 4.79 Å². The van der Waals surface area contributed by atoms with Gasteiger partial charge in [-0.25, -0.2) is 8.42 Å². The van der Waals surface area contributed by atoms with E-state index in [1.165, 1.54) is 28.6 Å². The van der Waals surface area contributed by atoms with Gasteiger partial charge in [0.15, 0.2) is 0 Å². The Labute approximate surface area is 207 Å². The smallest absolute Gasteiger partial charge is 0.243 e. The van der Waals surface area contributed by atoms with E-state index in [4.69, 9.17) is 16.0 Å². The molecule has 1 aromatic heterocycles. The van der Waals surface area contributed by atoms with E-state index in [2.05, 4.69) is 0 Å². The van der Waals surface area contributed by atoms with Gasteiger partial charge >= 0.3 is 0 Å². The van der Waals surface area contributed by atoms with Crippen molar-refractivity contribution in [3.8, 4) is 0 Å². The molecule has 0 saturated heterocycles. The summed E-state index contributed by atoms with van der Waals surface area (Å²) in [5.41, 5.74) is 1.10. The summed E-state index contributed by atoms with van der Waals surface area (Å²) in [5.74, 6) is 1.19. The van der Waals surface area contributed by atoms with Crippen LogP contribution in [0.5, 0.6) is 0 Å². The van der Waals surface area contributed by atoms with Crippen molar-refractivity contribution in [2.45, 2.75) is 38.6 Å². The molecule has 0 aliphatic carbocycles. The monoisotopic (exact) mass is 502 g/mol. The molecule has 0 fully saturated rings. The molecule has 0 aliphatic heterocycles. The van der Waals surface area contributed by atoms with Crippen LogP contribution >= 0.6 is 11.6 Å². The zero-order valence-corrected chi connectivity index (χ0v) is 21.3. The Morgan fingerprint density at radius 3 is 2.26 bits per heavy atom. The first-order valence-electron chi connectivity index (χ1n) is 11.3. The molecule has 182 valence electrons. The van der Waals surface area contributed by atoms with Crippen molar-refractivity contribution in [1.82, 2.24) is 9.21 Å². The van der Waals surface area contributed by atoms with Crippen molar-refractivity contribution in [2.24, 2.45) is 5.92 Å². The summed E-state index contributed by atoms with van der Waals surface area (Å²) in [6.45, 7) is 6.39. The number of furan rings is 1. The van der Waals surface area contributed by atoms with E-state index < -0.39 is 10.0 Å². The third kappa shape index (κ3) is 7.19. The minimum atomic E-state index is -3.87. The van der Waals surface area contributed by atoms with Crippen molar-refractivity contribution in [1.29, 1.82) is 0 Å². The number of hydrogen-bond acceptors (Lipinski definition) is 4. The first kappa shape index (κ1) is 26.0. The number of carbonyl (C=O) groups is 1. The highest BCUT2D eigenvalue weighted by molar-refractivity contribution is 7.89. The topological polar surface area (TPSA) is 70.8 Å². The quantitative estimate of drug-likeness (QED) is 0.363. The Morgan fingerprint density at radius 1 is 1.00 bits per heavy atom. The summed E-state index contributed by atoms with van der Waals surface area (Å²) >= 11 is 5.94. The number of sulfonamides is 1. The van der Waals surface area contributed by atoms with Gasteiger partial charge in [0, 0.05) is 18.1 Å². The third-order valence-electron chi connectivity index (χ3n) is 5.34. The molecule has 8 heteroatoms. The van der Waals surface area contributed by atoms with Gasteiger partial charge < -0.3 is 9.32 Å². The number of aryl methyl sites for hydroxylation is 1. The highest BCUT2D eigenvalue weighted by Gasteiger charge is 2.29. The number of hydrogen-bond donors (Lipinski definition) is 0. The van der Waals surface area contributed by atoms with Gasteiger partial charge in [0.2, 0.25) is 15.9 Å². The summed E-state index contributed by atoms with van der Waals surface area (Å²) < 4.78 is 33.7. The van der Waals surface area contributed by atoms with E-state index in [1.807, 2.05) is 63.2 Å². The number of rotatable bonds is 11. The fourth-order valence-corrected chi connectivity index (χ4v) is 5.30. The van der Waals surface area contributed by atoms with Crippen molar-refractivity contribution in [2.75, 3.05) is 19.6 Å². The van der Waals surface area contributed by atoms with Crippen LogP contribution in [-0.2, 0) is 27.8 Å². The Balaban J connectivity index is 1.83.